The molecule has 2 aliphatic rings. The van der Waals surface area contributed by atoms with Gasteiger partial charge in [-0.3, -0.25) is 13.9 Å². The number of carbonyl (C=O) groups excluding carboxylic acids is 2. The summed E-state index contributed by atoms with van der Waals surface area (Å²) < 4.78 is 115. The summed E-state index contributed by atoms with van der Waals surface area (Å²) in [6, 6.07) is 5.46. The van der Waals surface area contributed by atoms with Crippen LogP contribution in [0.4, 0.5) is 32.0 Å². The number of aryl methyl sites for hydroxylation is 2. The number of hydrogen-bond acceptors (Lipinski definition) is 6. The third-order valence-electron chi connectivity index (χ3n) is 7.75. The van der Waals surface area contributed by atoms with E-state index in [4.69, 9.17) is 4.74 Å². The number of cyclic esters (lactones) is 1. The average Bonchev–Trinajstić information content (AvgIpc) is 3.12. The molecular formula is C27H28F6N2O6S. The number of rotatable bonds is 6. The number of nitrogens with one attached hydrogen (secondary N) is 1. The van der Waals surface area contributed by atoms with Crippen LogP contribution in [0.2, 0.25) is 0 Å². The van der Waals surface area contributed by atoms with Gasteiger partial charge in [0.25, 0.3) is 15.6 Å². The fourth-order valence-corrected chi connectivity index (χ4v) is 6.79. The molecule has 1 saturated heterocycles. The van der Waals surface area contributed by atoms with E-state index < -0.39 is 69.3 Å². The third kappa shape index (κ3) is 5.32. The van der Waals surface area contributed by atoms with Crippen LogP contribution in [0.3, 0.4) is 0 Å². The molecule has 230 valence electrons. The average molecular weight is 623 g/mol. The number of halogens is 6. The number of aliphatic hydroxyl groups is 1. The zero-order valence-corrected chi connectivity index (χ0v) is 23.5. The van der Waals surface area contributed by atoms with Gasteiger partial charge in [-0.15, -0.1) is 0 Å². The predicted molar refractivity (Wildman–Crippen MR) is 137 cm³/mol. The van der Waals surface area contributed by atoms with E-state index in [1.807, 2.05) is 0 Å². The molecular weight excluding hydrogens is 594 g/mol. The molecule has 0 radical (unpaired) electrons. The minimum Gasteiger partial charge on any atom is -0.463 e. The highest BCUT2D eigenvalue weighted by atomic mass is 32.2. The minimum atomic E-state index is -6.12. The second-order valence-electron chi connectivity index (χ2n) is 11.0. The SMILES string of the molecule is Cc1ccc(S(=O)(=O)N2c3ccc(C(O)(C(F)(F)F)C(F)(F)F)cc3CC[C@H]2CC(=O)N[C@@H]2COC(=O)C2(C)C)cc1. The maximum Gasteiger partial charge on any atom is 0.430 e. The first-order chi connectivity index (χ1) is 19.2. The number of carbonyl (C=O) groups is 2. The number of amides is 1. The van der Waals surface area contributed by atoms with E-state index in [0.29, 0.717) is 12.1 Å². The molecule has 0 bridgehead atoms. The third-order valence-corrected chi connectivity index (χ3v) is 9.63. The lowest BCUT2D eigenvalue weighted by Crippen LogP contribution is -2.54. The molecule has 0 unspecified atom stereocenters. The first-order valence-corrected chi connectivity index (χ1v) is 14.2. The van der Waals surface area contributed by atoms with E-state index in [-0.39, 0.29) is 35.6 Å². The first kappa shape index (κ1) is 31.6. The Morgan fingerprint density at radius 3 is 2.19 bits per heavy atom. The highest BCUT2D eigenvalue weighted by Gasteiger charge is 2.71. The molecule has 1 amide bonds. The van der Waals surface area contributed by atoms with Crippen molar-refractivity contribution in [3.05, 3.63) is 59.2 Å². The molecule has 2 aromatic carbocycles. The van der Waals surface area contributed by atoms with E-state index in [0.717, 1.165) is 15.9 Å². The summed E-state index contributed by atoms with van der Waals surface area (Å²) in [5.41, 5.74) is -7.45. The number of benzene rings is 2. The molecule has 0 aromatic heterocycles. The van der Waals surface area contributed by atoms with Gasteiger partial charge in [-0.05, 0) is 57.4 Å². The molecule has 0 spiro atoms. The molecule has 2 heterocycles. The van der Waals surface area contributed by atoms with Gasteiger partial charge in [0.15, 0.2) is 0 Å². The summed E-state index contributed by atoms with van der Waals surface area (Å²) in [5.74, 6) is -1.17. The Morgan fingerprint density at radius 1 is 1.07 bits per heavy atom. The number of anilines is 1. The van der Waals surface area contributed by atoms with Gasteiger partial charge in [0.05, 0.1) is 28.1 Å². The number of ether oxygens (including phenoxy) is 1. The van der Waals surface area contributed by atoms with Crippen LogP contribution in [0.5, 0.6) is 0 Å². The van der Waals surface area contributed by atoms with E-state index in [1.54, 1.807) is 20.8 Å². The maximum absolute atomic E-state index is 13.9. The molecule has 2 N–H and O–H groups in total. The molecule has 0 saturated carbocycles. The fraction of sp³-hybridized carbons (Fsp3) is 0.481. The number of hydrogen-bond donors (Lipinski definition) is 2. The first-order valence-electron chi connectivity index (χ1n) is 12.8. The van der Waals surface area contributed by atoms with Crippen LogP contribution in [0.25, 0.3) is 0 Å². The standard InChI is InChI=1S/C27H28F6N2O6S/c1-15-4-9-19(10-5-15)42(39,40)35-18(13-22(36)34-21-14-41-23(37)24(21,2)3)8-6-16-12-17(7-11-20(16)35)25(38,26(28,29)30)27(31,32)33/h4-5,7,9-12,18,21,38H,6,8,13-14H2,1-3H3,(H,34,36)/t18-,21+/m0/s1. The van der Waals surface area contributed by atoms with Gasteiger partial charge in [-0.25, -0.2) is 8.42 Å². The summed E-state index contributed by atoms with van der Waals surface area (Å²) in [4.78, 5) is 24.8. The summed E-state index contributed by atoms with van der Waals surface area (Å²) in [6.07, 6.45) is -13.0. The highest BCUT2D eigenvalue weighted by Crippen LogP contribution is 2.51. The number of esters is 1. The van der Waals surface area contributed by atoms with Crippen molar-refractivity contribution in [1.82, 2.24) is 5.32 Å². The molecule has 2 aromatic rings. The molecule has 42 heavy (non-hydrogen) atoms. The van der Waals surface area contributed by atoms with Gasteiger partial charge in [0.2, 0.25) is 5.91 Å². The van der Waals surface area contributed by atoms with Gasteiger partial charge in [-0.1, -0.05) is 29.8 Å². The van der Waals surface area contributed by atoms with Gasteiger partial charge in [-0.2, -0.15) is 26.3 Å². The zero-order chi connectivity index (χ0) is 31.5. The largest absolute Gasteiger partial charge is 0.463 e. The maximum atomic E-state index is 13.9. The van der Waals surface area contributed by atoms with Gasteiger partial charge in [0.1, 0.15) is 6.61 Å². The Labute approximate surface area is 237 Å². The van der Waals surface area contributed by atoms with Crippen LogP contribution >= 0.6 is 0 Å². The van der Waals surface area contributed by atoms with Crippen molar-refractivity contribution in [2.75, 3.05) is 10.9 Å². The van der Waals surface area contributed by atoms with E-state index >= 15 is 0 Å². The predicted octanol–water partition coefficient (Wildman–Crippen LogP) is 4.28. The summed E-state index contributed by atoms with van der Waals surface area (Å²) in [7, 11) is -4.48. The van der Waals surface area contributed by atoms with Crippen molar-refractivity contribution in [3.63, 3.8) is 0 Å². The topological polar surface area (TPSA) is 113 Å². The lowest BCUT2D eigenvalue weighted by molar-refractivity contribution is -0.376. The smallest absolute Gasteiger partial charge is 0.430 e. The van der Waals surface area contributed by atoms with E-state index in [1.165, 1.54) is 24.3 Å². The van der Waals surface area contributed by atoms with Crippen LogP contribution in [0.15, 0.2) is 47.4 Å². The Morgan fingerprint density at radius 2 is 1.67 bits per heavy atom. The van der Waals surface area contributed by atoms with Crippen LogP contribution < -0.4 is 9.62 Å². The van der Waals surface area contributed by atoms with E-state index in [2.05, 4.69) is 5.32 Å². The zero-order valence-electron chi connectivity index (χ0n) is 22.6. The Kier molecular flexibility index (Phi) is 7.85. The van der Waals surface area contributed by atoms with Crippen molar-refractivity contribution >= 4 is 27.6 Å². The van der Waals surface area contributed by atoms with Gasteiger partial charge in [0, 0.05) is 12.0 Å². The Balaban J connectivity index is 1.76. The molecule has 2 atom stereocenters. The Bertz CT molecular complexity index is 1470. The monoisotopic (exact) mass is 622 g/mol. The molecule has 1 fully saturated rings. The van der Waals surface area contributed by atoms with Crippen molar-refractivity contribution in [1.29, 1.82) is 0 Å². The number of nitrogens with zero attached hydrogens (tertiary/aromatic N) is 1. The van der Waals surface area contributed by atoms with Crippen LogP contribution in [0, 0.1) is 12.3 Å². The molecule has 8 nitrogen and oxygen atoms in total. The number of fused-ring (bicyclic) bond motifs is 1. The van der Waals surface area contributed by atoms with Gasteiger partial charge < -0.3 is 15.2 Å². The fourth-order valence-electron chi connectivity index (χ4n) is 5.07. The highest BCUT2D eigenvalue weighted by molar-refractivity contribution is 7.92. The quantitative estimate of drug-likeness (QED) is 0.368. The molecule has 0 aliphatic carbocycles. The number of sulfonamides is 1. The van der Waals surface area contributed by atoms with Crippen molar-refractivity contribution in [2.24, 2.45) is 5.41 Å². The minimum absolute atomic E-state index is 0.0967. The van der Waals surface area contributed by atoms with Crippen molar-refractivity contribution < 1.29 is 54.2 Å². The summed E-state index contributed by atoms with van der Waals surface area (Å²) >= 11 is 0. The summed E-state index contributed by atoms with van der Waals surface area (Å²) in [5, 5.41) is 12.5. The van der Waals surface area contributed by atoms with Crippen molar-refractivity contribution in [2.45, 2.75) is 75.0 Å². The van der Waals surface area contributed by atoms with Gasteiger partial charge >= 0.3 is 18.3 Å². The summed E-state index contributed by atoms with van der Waals surface area (Å²) in [6.45, 7) is 4.75. The normalized spacial score (nSPS) is 21.1. The van der Waals surface area contributed by atoms with Crippen LogP contribution in [0.1, 0.15) is 43.4 Å². The van der Waals surface area contributed by atoms with Crippen molar-refractivity contribution in [3.8, 4) is 0 Å². The Hall–Kier alpha value is -3.33. The van der Waals surface area contributed by atoms with Crippen LogP contribution in [-0.2, 0) is 36.4 Å². The molecule has 4 rings (SSSR count). The second kappa shape index (κ2) is 10.4. The van der Waals surface area contributed by atoms with Crippen LogP contribution in [-0.4, -0.2) is 56.4 Å². The lowest BCUT2D eigenvalue weighted by Gasteiger charge is -2.39. The molecule has 2 aliphatic heterocycles. The molecule has 15 heteroatoms. The number of alkyl halides is 6. The van der Waals surface area contributed by atoms with E-state index in [9.17, 15) is 49.5 Å². The lowest BCUT2D eigenvalue weighted by atomic mass is 9.86. The second-order valence-corrected chi connectivity index (χ2v) is 12.8.